The Bertz CT molecular complexity index is 317. The summed E-state index contributed by atoms with van der Waals surface area (Å²) in [5.74, 6) is 5.87. The van der Waals surface area contributed by atoms with E-state index >= 15 is 0 Å². The predicted molar refractivity (Wildman–Crippen MR) is 53.7 cm³/mol. The Kier molecular flexibility index (Phi) is 3.17. The fourth-order valence-corrected chi connectivity index (χ4v) is 1.01. The summed E-state index contributed by atoms with van der Waals surface area (Å²) < 4.78 is 0. The van der Waals surface area contributed by atoms with Crippen molar-refractivity contribution in [1.29, 1.82) is 0 Å². The van der Waals surface area contributed by atoms with Crippen molar-refractivity contribution in [3.8, 4) is 11.8 Å². The van der Waals surface area contributed by atoms with Crippen molar-refractivity contribution in [3.63, 3.8) is 0 Å². The third kappa shape index (κ3) is 2.29. The molecule has 1 rings (SSSR count). The maximum Gasteiger partial charge on any atom is 0.0245 e. The third-order valence-electron chi connectivity index (χ3n) is 1.54. The van der Waals surface area contributed by atoms with Crippen molar-refractivity contribution in [2.24, 2.45) is 0 Å². The Morgan fingerprint density at radius 3 is 2.33 bits per heavy atom. The highest BCUT2D eigenvalue weighted by Gasteiger charge is 1.86. The van der Waals surface area contributed by atoms with Crippen LogP contribution in [-0.4, -0.2) is 0 Å². The molecule has 0 nitrogen and oxygen atoms in total. The molecule has 0 amide bonds. The number of allylic oxidation sites excluding steroid dienone is 1. The normalized spacial score (nSPS) is 9.50. The molecular weight excluding hydrogens is 144 g/mol. The summed E-state index contributed by atoms with van der Waals surface area (Å²) in [6, 6.07) is 8.21. The van der Waals surface area contributed by atoms with E-state index in [1.54, 1.807) is 0 Å². The van der Waals surface area contributed by atoms with E-state index in [1.807, 2.05) is 32.1 Å². The maximum absolute atomic E-state index is 3.00. The highest BCUT2D eigenvalue weighted by atomic mass is 13.9. The van der Waals surface area contributed by atoms with Crippen LogP contribution in [0.1, 0.15) is 25.0 Å². The zero-order valence-corrected chi connectivity index (χ0v) is 7.46. The van der Waals surface area contributed by atoms with Crippen molar-refractivity contribution in [2.75, 3.05) is 0 Å². The first-order valence-electron chi connectivity index (χ1n) is 4.02. The van der Waals surface area contributed by atoms with Crippen LogP contribution in [0.15, 0.2) is 30.3 Å². The first kappa shape index (κ1) is 8.62. The number of benzene rings is 1. The van der Waals surface area contributed by atoms with E-state index in [2.05, 4.69) is 30.0 Å². The van der Waals surface area contributed by atoms with Gasteiger partial charge in [-0.15, -0.1) is 5.92 Å². The molecule has 0 unspecified atom stereocenters. The minimum absolute atomic E-state index is 1.07. The van der Waals surface area contributed by atoms with Crippen LogP contribution in [0.25, 0.3) is 6.08 Å². The SMILES string of the molecule is CC#Cc1ccc(/C=C/C)cc1. The maximum atomic E-state index is 3.00. The average Bonchev–Trinajstić information content (AvgIpc) is 2.09. The lowest BCUT2D eigenvalue weighted by molar-refractivity contribution is 1.60. The van der Waals surface area contributed by atoms with Crippen LogP contribution >= 0.6 is 0 Å². The first-order chi connectivity index (χ1) is 5.86. The largest absolute Gasteiger partial charge is 0.101 e. The molecule has 0 atom stereocenters. The summed E-state index contributed by atoms with van der Waals surface area (Å²) in [7, 11) is 0. The molecule has 12 heavy (non-hydrogen) atoms. The van der Waals surface area contributed by atoms with E-state index in [9.17, 15) is 0 Å². The predicted octanol–water partition coefficient (Wildman–Crippen LogP) is 3.09. The van der Waals surface area contributed by atoms with Gasteiger partial charge in [-0.05, 0) is 31.5 Å². The van der Waals surface area contributed by atoms with E-state index in [1.165, 1.54) is 5.56 Å². The van der Waals surface area contributed by atoms with Gasteiger partial charge < -0.3 is 0 Å². The molecule has 0 saturated heterocycles. The quantitative estimate of drug-likeness (QED) is 0.548. The van der Waals surface area contributed by atoms with Gasteiger partial charge in [0, 0.05) is 5.56 Å². The molecule has 0 heterocycles. The molecule has 0 N–H and O–H groups in total. The van der Waals surface area contributed by atoms with Crippen molar-refractivity contribution in [2.45, 2.75) is 13.8 Å². The molecule has 0 aliphatic carbocycles. The van der Waals surface area contributed by atoms with Crippen LogP contribution in [0, 0.1) is 11.8 Å². The van der Waals surface area contributed by atoms with Crippen molar-refractivity contribution < 1.29 is 0 Å². The molecule has 0 radical (unpaired) electrons. The molecule has 0 heteroatoms. The Balaban J connectivity index is 2.90. The van der Waals surface area contributed by atoms with Crippen molar-refractivity contribution >= 4 is 6.08 Å². The van der Waals surface area contributed by atoms with Gasteiger partial charge in [0.1, 0.15) is 0 Å². The van der Waals surface area contributed by atoms with Gasteiger partial charge in [0.25, 0.3) is 0 Å². The number of hydrogen-bond acceptors (Lipinski definition) is 0. The van der Waals surface area contributed by atoms with Gasteiger partial charge in [-0.3, -0.25) is 0 Å². The van der Waals surface area contributed by atoms with Gasteiger partial charge in [0.2, 0.25) is 0 Å². The van der Waals surface area contributed by atoms with Crippen LogP contribution in [0.2, 0.25) is 0 Å². The second-order valence-electron chi connectivity index (χ2n) is 2.50. The first-order valence-corrected chi connectivity index (χ1v) is 4.02. The van der Waals surface area contributed by atoms with Gasteiger partial charge in [-0.1, -0.05) is 30.2 Å². The highest BCUT2D eigenvalue weighted by Crippen LogP contribution is 2.04. The van der Waals surface area contributed by atoms with Gasteiger partial charge >= 0.3 is 0 Å². The molecule has 0 saturated carbocycles. The highest BCUT2D eigenvalue weighted by molar-refractivity contribution is 5.51. The molecule has 0 aliphatic rings. The molecule has 0 fully saturated rings. The summed E-state index contributed by atoms with van der Waals surface area (Å²) in [6.45, 7) is 3.86. The third-order valence-corrected chi connectivity index (χ3v) is 1.54. The fraction of sp³-hybridized carbons (Fsp3) is 0.167. The minimum atomic E-state index is 1.07. The topological polar surface area (TPSA) is 0 Å². The Morgan fingerprint density at radius 2 is 1.83 bits per heavy atom. The average molecular weight is 156 g/mol. The van der Waals surface area contributed by atoms with Crippen LogP contribution in [0.3, 0.4) is 0 Å². The van der Waals surface area contributed by atoms with Crippen molar-refractivity contribution in [3.05, 3.63) is 41.5 Å². The van der Waals surface area contributed by atoms with Gasteiger partial charge in [0.15, 0.2) is 0 Å². The summed E-state index contributed by atoms with van der Waals surface area (Å²) in [4.78, 5) is 0. The standard InChI is InChI=1S/C12H12/c1-3-5-11-7-9-12(6-4-2)10-8-11/h3,5,7-10H,1-2H3/b5-3+. The van der Waals surface area contributed by atoms with Gasteiger partial charge in [-0.25, -0.2) is 0 Å². The molecule has 60 valence electrons. The smallest absolute Gasteiger partial charge is 0.0245 e. The van der Waals surface area contributed by atoms with E-state index in [0.29, 0.717) is 0 Å². The number of hydrogen-bond donors (Lipinski definition) is 0. The van der Waals surface area contributed by atoms with Crippen LogP contribution in [0.5, 0.6) is 0 Å². The van der Waals surface area contributed by atoms with Crippen LogP contribution in [0.4, 0.5) is 0 Å². The number of rotatable bonds is 1. The van der Waals surface area contributed by atoms with E-state index in [4.69, 9.17) is 0 Å². The second-order valence-corrected chi connectivity index (χ2v) is 2.50. The Labute approximate surface area is 73.9 Å². The lowest BCUT2D eigenvalue weighted by Gasteiger charge is -1.92. The zero-order valence-electron chi connectivity index (χ0n) is 7.46. The molecule has 0 aliphatic heterocycles. The molecular formula is C12H12. The van der Waals surface area contributed by atoms with Crippen LogP contribution in [-0.2, 0) is 0 Å². The molecule has 1 aromatic rings. The summed E-state index contributed by atoms with van der Waals surface area (Å²) in [6.07, 6.45) is 4.10. The van der Waals surface area contributed by atoms with Crippen LogP contribution < -0.4 is 0 Å². The van der Waals surface area contributed by atoms with E-state index in [0.717, 1.165) is 5.56 Å². The van der Waals surface area contributed by atoms with E-state index < -0.39 is 0 Å². The summed E-state index contributed by atoms with van der Waals surface area (Å²) in [5.41, 5.74) is 2.30. The lowest BCUT2D eigenvalue weighted by Crippen LogP contribution is -1.74. The molecule has 1 aromatic carbocycles. The Morgan fingerprint density at radius 1 is 1.17 bits per heavy atom. The lowest BCUT2D eigenvalue weighted by atomic mass is 10.1. The Hall–Kier alpha value is -1.48. The van der Waals surface area contributed by atoms with Crippen molar-refractivity contribution in [1.82, 2.24) is 0 Å². The fourth-order valence-electron chi connectivity index (χ4n) is 1.01. The zero-order chi connectivity index (χ0) is 8.81. The summed E-state index contributed by atoms with van der Waals surface area (Å²) >= 11 is 0. The van der Waals surface area contributed by atoms with E-state index in [-0.39, 0.29) is 0 Å². The minimum Gasteiger partial charge on any atom is -0.101 e. The second kappa shape index (κ2) is 4.41. The molecule has 0 aromatic heterocycles. The summed E-state index contributed by atoms with van der Waals surface area (Å²) in [5, 5.41) is 0. The molecule has 0 spiro atoms. The van der Waals surface area contributed by atoms with Gasteiger partial charge in [-0.2, -0.15) is 0 Å². The monoisotopic (exact) mass is 156 g/mol. The van der Waals surface area contributed by atoms with Gasteiger partial charge in [0.05, 0.1) is 0 Å². The molecule has 0 bridgehead atoms.